The van der Waals surface area contributed by atoms with Gasteiger partial charge in [-0.25, -0.2) is 9.89 Å². The molecule has 18 heavy (non-hydrogen) atoms. The predicted octanol–water partition coefficient (Wildman–Crippen LogP) is 0.930. The number of aliphatic carboxylic acids is 1. The quantitative estimate of drug-likeness (QED) is 0.782. The van der Waals surface area contributed by atoms with Crippen molar-refractivity contribution < 1.29 is 9.90 Å². The van der Waals surface area contributed by atoms with Gasteiger partial charge >= 0.3 is 5.97 Å². The van der Waals surface area contributed by atoms with Crippen LogP contribution in [-0.2, 0) is 4.79 Å². The smallest absolute Gasteiger partial charge is 0.328 e. The summed E-state index contributed by atoms with van der Waals surface area (Å²) < 4.78 is 0. The van der Waals surface area contributed by atoms with Crippen molar-refractivity contribution in [1.82, 2.24) is 15.2 Å². The van der Waals surface area contributed by atoms with Crippen molar-refractivity contribution in [1.29, 1.82) is 0 Å². The summed E-state index contributed by atoms with van der Waals surface area (Å²) >= 11 is 0. The van der Waals surface area contributed by atoms with Crippen molar-refractivity contribution in [3.8, 4) is 11.4 Å². The fourth-order valence-electron chi connectivity index (χ4n) is 1.35. The van der Waals surface area contributed by atoms with Gasteiger partial charge in [0.05, 0.1) is 5.69 Å². The lowest BCUT2D eigenvalue weighted by Crippen LogP contribution is -2.12. The van der Waals surface area contributed by atoms with Crippen molar-refractivity contribution in [2.45, 2.75) is 0 Å². The highest BCUT2D eigenvalue weighted by molar-refractivity contribution is 5.85. The molecule has 0 fully saturated rings. The number of aromatic amines is 1. The molecule has 0 saturated carbocycles. The average Bonchev–Trinajstić information content (AvgIpc) is 2.38. The van der Waals surface area contributed by atoms with Crippen LogP contribution in [0.5, 0.6) is 0 Å². The van der Waals surface area contributed by atoms with Gasteiger partial charge in [-0.3, -0.25) is 9.78 Å². The maximum Gasteiger partial charge on any atom is 0.328 e. The van der Waals surface area contributed by atoms with Gasteiger partial charge in [0.1, 0.15) is 5.69 Å². The number of hydrogen-bond donors (Lipinski definition) is 2. The Morgan fingerprint density at radius 1 is 1.33 bits per heavy atom. The molecular weight excluding hydrogens is 234 g/mol. The number of carboxylic acids is 1. The molecule has 0 atom stereocenters. The molecule has 2 aromatic heterocycles. The molecule has 0 bridgehead atoms. The number of nitrogens with one attached hydrogen (secondary N) is 1. The zero-order chi connectivity index (χ0) is 13.0. The molecule has 2 aromatic rings. The lowest BCUT2D eigenvalue weighted by Gasteiger charge is -1.99. The fourth-order valence-corrected chi connectivity index (χ4v) is 1.35. The van der Waals surface area contributed by atoms with E-state index in [9.17, 15) is 9.59 Å². The Balaban J connectivity index is 2.44. The third-order valence-electron chi connectivity index (χ3n) is 2.17. The Morgan fingerprint density at radius 3 is 2.83 bits per heavy atom. The molecule has 2 heterocycles. The average molecular weight is 243 g/mol. The van der Waals surface area contributed by atoms with E-state index < -0.39 is 11.5 Å². The van der Waals surface area contributed by atoms with Gasteiger partial charge in [0.2, 0.25) is 0 Å². The minimum absolute atomic E-state index is 0.216. The van der Waals surface area contributed by atoms with Crippen LogP contribution in [0.2, 0.25) is 0 Å². The summed E-state index contributed by atoms with van der Waals surface area (Å²) in [5.41, 5.74) is 0.833. The first kappa shape index (κ1) is 11.7. The molecule has 0 unspecified atom stereocenters. The molecule has 6 nitrogen and oxygen atoms in total. The van der Waals surface area contributed by atoms with Gasteiger partial charge in [-0.15, -0.1) is 0 Å². The first-order valence-electron chi connectivity index (χ1n) is 5.09. The highest BCUT2D eigenvalue weighted by Gasteiger charge is 2.04. The van der Waals surface area contributed by atoms with E-state index in [4.69, 9.17) is 5.11 Å². The van der Waals surface area contributed by atoms with Gasteiger partial charge < -0.3 is 5.11 Å². The molecule has 0 aromatic carbocycles. The number of hydrogen-bond acceptors (Lipinski definition) is 4. The van der Waals surface area contributed by atoms with Crippen molar-refractivity contribution in [3.05, 3.63) is 52.5 Å². The summed E-state index contributed by atoms with van der Waals surface area (Å²) in [6.45, 7) is 0. The maximum absolute atomic E-state index is 11.4. The van der Waals surface area contributed by atoms with Crippen LogP contribution in [0.15, 0.2) is 41.3 Å². The molecule has 2 rings (SSSR count). The van der Waals surface area contributed by atoms with Crippen molar-refractivity contribution in [3.63, 3.8) is 0 Å². The molecule has 0 radical (unpaired) electrons. The lowest BCUT2D eigenvalue weighted by molar-refractivity contribution is -0.131. The number of rotatable bonds is 3. The number of carbonyl (C=O) groups is 1. The van der Waals surface area contributed by atoms with Gasteiger partial charge in [0.15, 0.2) is 0 Å². The first-order valence-corrected chi connectivity index (χ1v) is 5.09. The standard InChI is InChI=1S/C12H9N3O3/c16-11(17)5-4-8-7-10(14-15-12(8)18)9-3-1-2-6-13-9/h1-7H,(H,15,18)(H,16,17)/b5-4+. The highest BCUT2D eigenvalue weighted by Crippen LogP contribution is 2.12. The normalized spacial score (nSPS) is 10.7. The van der Waals surface area contributed by atoms with E-state index in [-0.39, 0.29) is 5.56 Å². The minimum atomic E-state index is -1.12. The van der Waals surface area contributed by atoms with E-state index in [0.717, 1.165) is 6.08 Å². The van der Waals surface area contributed by atoms with Crippen LogP contribution in [0.25, 0.3) is 17.5 Å². The van der Waals surface area contributed by atoms with Crippen LogP contribution in [-0.4, -0.2) is 26.3 Å². The van der Waals surface area contributed by atoms with Crippen molar-refractivity contribution in [2.75, 3.05) is 0 Å². The summed E-state index contributed by atoms with van der Waals surface area (Å²) in [6, 6.07) is 6.79. The molecule has 2 N–H and O–H groups in total. The fraction of sp³-hybridized carbons (Fsp3) is 0. The van der Waals surface area contributed by atoms with Gasteiger partial charge in [-0.05, 0) is 24.3 Å². The molecular formula is C12H9N3O3. The topological polar surface area (TPSA) is 95.9 Å². The Morgan fingerprint density at radius 2 is 2.17 bits per heavy atom. The van der Waals surface area contributed by atoms with Gasteiger partial charge in [0.25, 0.3) is 5.56 Å². The molecule has 90 valence electrons. The van der Waals surface area contributed by atoms with Crippen LogP contribution >= 0.6 is 0 Å². The summed E-state index contributed by atoms with van der Waals surface area (Å²) in [7, 11) is 0. The number of pyridine rings is 1. The second kappa shape index (κ2) is 5.05. The van der Waals surface area contributed by atoms with Crippen molar-refractivity contribution in [2.24, 2.45) is 0 Å². The number of carboxylic acid groups (broad SMARTS) is 1. The monoisotopic (exact) mass is 243 g/mol. The van der Waals surface area contributed by atoms with Crippen LogP contribution in [0, 0.1) is 0 Å². The summed E-state index contributed by atoms with van der Waals surface area (Å²) in [5, 5.41) is 14.7. The Bertz CT molecular complexity index is 647. The SMILES string of the molecule is O=C(O)/C=C/c1cc(-c2ccccn2)n[nH]c1=O. The van der Waals surface area contributed by atoms with Crippen LogP contribution in [0.3, 0.4) is 0 Å². The third-order valence-corrected chi connectivity index (χ3v) is 2.17. The van der Waals surface area contributed by atoms with E-state index >= 15 is 0 Å². The zero-order valence-corrected chi connectivity index (χ0v) is 9.20. The molecule has 0 spiro atoms. The molecule has 0 aliphatic heterocycles. The Hall–Kier alpha value is -2.76. The third kappa shape index (κ3) is 2.67. The van der Waals surface area contributed by atoms with Crippen LogP contribution in [0.4, 0.5) is 0 Å². The Kier molecular flexibility index (Phi) is 3.29. The first-order chi connectivity index (χ1) is 8.66. The second-order valence-corrected chi connectivity index (χ2v) is 3.42. The van der Waals surface area contributed by atoms with Gasteiger partial charge in [-0.1, -0.05) is 6.07 Å². The zero-order valence-electron chi connectivity index (χ0n) is 9.20. The van der Waals surface area contributed by atoms with Crippen molar-refractivity contribution >= 4 is 12.0 Å². The number of H-pyrrole nitrogens is 1. The van der Waals surface area contributed by atoms with E-state index in [0.29, 0.717) is 11.4 Å². The van der Waals surface area contributed by atoms with E-state index in [1.54, 1.807) is 24.4 Å². The second-order valence-electron chi connectivity index (χ2n) is 3.42. The summed E-state index contributed by atoms with van der Waals surface area (Å²) in [6.07, 6.45) is 3.72. The lowest BCUT2D eigenvalue weighted by atomic mass is 10.2. The molecule has 0 amide bonds. The van der Waals surface area contributed by atoms with E-state index in [1.807, 2.05) is 0 Å². The minimum Gasteiger partial charge on any atom is -0.478 e. The summed E-state index contributed by atoms with van der Waals surface area (Å²) in [5.74, 6) is -1.12. The molecule has 0 aliphatic carbocycles. The van der Waals surface area contributed by atoms with Crippen LogP contribution < -0.4 is 5.56 Å². The number of nitrogens with zero attached hydrogens (tertiary/aromatic N) is 2. The molecule has 0 saturated heterocycles. The Labute approximate surface area is 102 Å². The molecule has 6 heteroatoms. The largest absolute Gasteiger partial charge is 0.478 e. The van der Waals surface area contributed by atoms with Gasteiger partial charge in [0, 0.05) is 17.8 Å². The maximum atomic E-state index is 11.4. The highest BCUT2D eigenvalue weighted by atomic mass is 16.4. The molecule has 0 aliphatic rings. The van der Waals surface area contributed by atoms with Gasteiger partial charge in [-0.2, -0.15) is 5.10 Å². The van der Waals surface area contributed by atoms with E-state index in [2.05, 4.69) is 15.2 Å². The van der Waals surface area contributed by atoms with Crippen LogP contribution in [0.1, 0.15) is 5.56 Å². The summed E-state index contributed by atoms with van der Waals surface area (Å²) in [4.78, 5) is 25.9. The van der Waals surface area contributed by atoms with E-state index in [1.165, 1.54) is 12.1 Å². The predicted molar refractivity (Wildman–Crippen MR) is 64.8 cm³/mol. The number of aromatic nitrogens is 3.